The molecule has 0 heterocycles. The van der Waals surface area contributed by atoms with Gasteiger partial charge in [-0.25, -0.2) is 0 Å². The Hall–Kier alpha value is -1.05. The molecule has 0 aromatic heterocycles. The number of carbonyl (C=O) groups is 1. The molecule has 0 bridgehead atoms. The van der Waals surface area contributed by atoms with E-state index >= 15 is 0 Å². The van der Waals surface area contributed by atoms with Gasteiger partial charge < -0.3 is 4.74 Å². The van der Waals surface area contributed by atoms with Crippen molar-refractivity contribution in [3.05, 3.63) is 24.8 Å². The Morgan fingerprint density at radius 2 is 1.78 bits per heavy atom. The van der Waals surface area contributed by atoms with E-state index in [2.05, 4.69) is 12.7 Å². The van der Waals surface area contributed by atoms with Gasteiger partial charge in [-0.05, 0) is 39.0 Å². The van der Waals surface area contributed by atoms with E-state index in [9.17, 15) is 4.79 Å². The van der Waals surface area contributed by atoms with Crippen molar-refractivity contribution in [1.29, 1.82) is 0 Å². The van der Waals surface area contributed by atoms with Gasteiger partial charge in [0.15, 0.2) is 0 Å². The molecule has 104 valence electrons. The molecule has 0 amide bonds. The summed E-state index contributed by atoms with van der Waals surface area (Å²) in [5.74, 6) is -0.0402. The first kappa shape index (κ1) is 16.9. The summed E-state index contributed by atoms with van der Waals surface area (Å²) >= 11 is 0. The predicted octanol–water partition coefficient (Wildman–Crippen LogP) is 4.80. The lowest BCUT2D eigenvalue weighted by molar-refractivity contribution is -0.143. The molecule has 0 aromatic carbocycles. The first-order valence-electron chi connectivity index (χ1n) is 7.19. The van der Waals surface area contributed by atoms with Gasteiger partial charge >= 0.3 is 5.97 Å². The molecule has 0 aliphatic heterocycles. The minimum absolute atomic E-state index is 0.0402. The molecule has 0 aliphatic carbocycles. The topological polar surface area (TPSA) is 26.3 Å². The van der Waals surface area contributed by atoms with Crippen LogP contribution >= 0.6 is 0 Å². The lowest BCUT2D eigenvalue weighted by Gasteiger charge is -2.03. The number of hydrogen-bond acceptors (Lipinski definition) is 2. The van der Waals surface area contributed by atoms with Crippen molar-refractivity contribution in [1.82, 2.24) is 0 Å². The Kier molecular flexibility index (Phi) is 13.2. The second-order valence-electron chi connectivity index (χ2n) is 4.53. The Balaban J connectivity index is 3.19. The molecule has 18 heavy (non-hydrogen) atoms. The normalized spacial score (nSPS) is 10.7. The Morgan fingerprint density at radius 3 is 2.50 bits per heavy atom. The summed E-state index contributed by atoms with van der Waals surface area (Å²) < 4.78 is 5.15. The summed E-state index contributed by atoms with van der Waals surface area (Å²) in [5, 5.41) is 0. The average molecular weight is 252 g/mol. The van der Waals surface area contributed by atoms with Gasteiger partial charge in [0.2, 0.25) is 0 Å². The highest BCUT2D eigenvalue weighted by molar-refractivity contribution is 5.69. The molecule has 0 aliphatic rings. The summed E-state index contributed by atoms with van der Waals surface area (Å²) in [5.41, 5.74) is 0. The Labute approximate surface area is 112 Å². The van der Waals surface area contributed by atoms with Crippen molar-refractivity contribution in [2.24, 2.45) is 0 Å². The molecule has 2 heteroatoms. The van der Waals surface area contributed by atoms with Crippen LogP contribution in [0, 0.1) is 0 Å². The second-order valence-corrected chi connectivity index (χ2v) is 4.53. The van der Waals surface area contributed by atoms with Gasteiger partial charge in [-0.3, -0.25) is 4.79 Å². The van der Waals surface area contributed by atoms with Gasteiger partial charge in [0.1, 0.15) is 0 Å². The third kappa shape index (κ3) is 13.0. The number of carbonyl (C=O) groups excluding carboxylic acids is 1. The fourth-order valence-corrected chi connectivity index (χ4v) is 1.71. The van der Waals surface area contributed by atoms with Gasteiger partial charge in [0.25, 0.3) is 0 Å². The van der Waals surface area contributed by atoms with Crippen molar-refractivity contribution >= 4 is 5.97 Å². The molecule has 0 radical (unpaired) electrons. The highest BCUT2D eigenvalue weighted by Gasteiger charge is 2.01. The van der Waals surface area contributed by atoms with Gasteiger partial charge in [-0.1, -0.05) is 37.5 Å². The fraction of sp³-hybridized carbons (Fsp3) is 0.688. The van der Waals surface area contributed by atoms with Crippen molar-refractivity contribution in [2.45, 2.75) is 64.7 Å². The first-order chi connectivity index (χ1) is 8.81. The zero-order valence-corrected chi connectivity index (χ0v) is 11.8. The van der Waals surface area contributed by atoms with E-state index in [-0.39, 0.29) is 5.97 Å². The molecule has 0 fully saturated rings. The van der Waals surface area contributed by atoms with Gasteiger partial charge in [0.05, 0.1) is 6.61 Å². The molecule has 0 unspecified atom stereocenters. The van der Waals surface area contributed by atoms with Crippen LogP contribution in [0.25, 0.3) is 0 Å². The van der Waals surface area contributed by atoms with Crippen molar-refractivity contribution in [3.63, 3.8) is 0 Å². The van der Waals surface area contributed by atoms with Crippen molar-refractivity contribution in [2.75, 3.05) is 6.61 Å². The van der Waals surface area contributed by atoms with E-state index in [1.165, 1.54) is 19.3 Å². The molecule has 0 rings (SSSR count). The van der Waals surface area contributed by atoms with Crippen LogP contribution in [0.4, 0.5) is 0 Å². The van der Waals surface area contributed by atoms with E-state index in [0.717, 1.165) is 32.1 Å². The maximum atomic E-state index is 11.4. The second kappa shape index (κ2) is 14.0. The van der Waals surface area contributed by atoms with Crippen LogP contribution in [0.1, 0.15) is 64.7 Å². The van der Waals surface area contributed by atoms with E-state index in [1.807, 2.05) is 19.1 Å². The highest BCUT2D eigenvalue weighted by Crippen LogP contribution is 2.08. The molecule has 0 saturated heterocycles. The maximum absolute atomic E-state index is 11.4. The number of allylic oxidation sites excluding steroid dienone is 3. The summed E-state index contributed by atoms with van der Waals surface area (Å²) in [6.45, 7) is 6.26. The smallest absolute Gasteiger partial charge is 0.305 e. The number of unbranched alkanes of at least 4 members (excludes halogenated alkanes) is 6. The Bertz CT molecular complexity index is 231. The maximum Gasteiger partial charge on any atom is 0.305 e. The summed E-state index contributed by atoms with van der Waals surface area (Å²) in [4.78, 5) is 11.4. The molecule has 0 atom stereocenters. The number of esters is 1. The Morgan fingerprint density at radius 1 is 1.06 bits per heavy atom. The first-order valence-corrected chi connectivity index (χ1v) is 7.19. The lowest BCUT2D eigenvalue weighted by Crippen LogP contribution is -2.05. The van der Waals surface area contributed by atoms with Crippen LogP contribution < -0.4 is 0 Å². The van der Waals surface area contributed by atoms with Crippen LogP contribution in [0.5, 0.6) is 0 Å². The zero-order chi connectivity index (χ0) is 13.5. The van der Waals surface area contributed by atoms with E-state index < -0.39 is 0 Å². The van der Waals surface area contributed by atoms with Crippen LogP contribution in [0.15, 0.2) is 24.8 Å². The summed E-state index contributed by atoms with van der Waals surface area (Å²) in [7, 11) is 0. The minimum atomic E-state index is -0.0402. The predicted molar refractivity (Wildman–Crippen MR) is 77.5 cm³/mol. The van der Waals surface area contributed by atoms with Crippen LogP contribution in [-0.2, 0) is 9.53 Å². The lowest BCUT2D eigenvalue weighted by atomic mass is 10.1. The van der Waals surface area contributed by atoms with Crippen LogP contribution in [-0.4, -0.2) is 12.6 Å². The number of ether oxygens (including phenoxy) is 1. The minimum Gasteiger partial charge on any atom is -0.466 e. The monoisotopic (exact) mass is 252 g/mol. The van der Waals surface area contributed by atoms with Gasteiger partial charge in [-0.2, -0.15) is 0 Å². The average Bonchev–Trinajstić information content (AvgIpc) is 2.37. The van der Waals surface area contributed by atoms with E-state index in [0.29, 0.717) is 13.0 Å². The highest BCUT2D eigenvalue weighted by atomic mass is 16.5. The third-order valence-electron chi connectivity index (χ3n) is 2.80. The number of hydrogen-bond donors (Lipinski definition) is 0. The van der Waals surface area contributed by atoms with E-state index in [1.54, 1.807) is 0 Å². The standard InChI is InChI=1S/C16H28O2/c1-3-5-7-9-10-11-12-14-16(17)18-15-13-8-6-4-2/h3-4,6H,1,5,7-15H2,2H3/b6-4+. The van der Waals surface area contributed by atoms with E-state index in [4.69, 9.17) is 4.74 Å². The quantitative estimate of drug-likeness (QED) is 0.283. The molecule has 2 nitrogen and oxygen atoms in total. The largest absolute Gasteiger partial charge is 0.466 e. The van der Waals surface area contributed by atoms with Gasteiger partial charge in [0, 0.05) is 6.42 Å². The van der Waals surface area contributed by atoms with Crippen LogP contribution in [0.3, 0.4) is 0 Å². The molecule has 0 spiro atoms. The molecular formula is C16H28O2. The summed E-state index contributed by atoms with van der Waals surface area (Å²) in [6.07, 6.45) is 15.4. The van der Waals surface area contributed by atoms with Crippen LogP contribution in [0.2, 0.25) is 0 Å². The fourth-order valence-electron chi connectivity index (χ4n) is 1.71. The van der Waals surface area contributed by atoms with Gasteiger partial charge in [-0.15, -0.1) is 6.58 Å². The number of rotatable bonds is 12. The van der Waals surface area contributed by atoms with Crippen molar-refractivity contribution in [3.8, 4) is 0 Å². The molecule has 0 aromatic rings. The zero-order valence-electron chi connectivity index (χ0n) is 11.8. The van der Waals surface area contributed by atoms with Crippen molar-refractivity contribution < 1.29 is 9.53 Å². The molecule has 0 N–H and O–H groups in total. The molecular weight excluding hydrogens is 224 g/mol. The summed E-state index contributed by atoms with van der Waals surface area (Å²) in [6, 6.07) is 0. The third-order valence-corrected chi connectivity index (χ3v) is 2.80. The molecule has 0 saturated carbocycles. The SMILES string of the molecule is C=CCCCCCCCC(=O)OCCC/C=C/C.